The van der Waals surface area contributed by atoms with E-state index in [9.17, 15) is 4.79 Å². The van der Waals surface area contributed by atoms with Gasteiger partial charge in [-0.2, -0.15) is 0 Å². The second kappa shape index (κ2) is 9.28. The Morgan fingerprint density at radius 2 is 1.72 bits per heavy atom. The maximum atomic E-state index is 12.7. The van der Waals surface area contributed by atoms with Crippen LogP contribution in [0.1, 0.15) is 70.5 Å². The molecule has 0 bridgehead atoms. The van der Waals surface area contributed by atoms with Crippen molar-refractivity contribution in [3.63, 3.8) is 0 Å². The van der Waals surface area contributed by atoms with Gasteiger partial charge in [-0.1, -0.05) is 76.5 Å². The lowest BCUT2D eigenvalue weighted by Gasteiger charge is -2.18. The first-order chi connectivity index (χ1) is 12.3. The summed E-state index contributed by atoms with van der Waals surface area (Å²) in [5.74, 6) is 0.723. The summed E-state index contributed by atoms with van der Waals surface area (Å²) in [6.45, 7) is 2.26. The molecule has 2 nitrogen and oxygen atoms in total. The number of para-hydroxylation sites is 1. The second-order valence-electron chi connectivity index (χ2n) is 6.90. The Labute approximate surface area is 154 Å². The van der Waals surface area contributed by atoms with Crippen LogP contribution in [0.3, 0.4) is 0 Å². The first-order valence-corrected chi connectivity index (χ1v) is 10.6. The summed E-state index contributed by atoms with van der Waals surface area (Å²) in [4.78, 5) is 13.5. The molecule has 1 aromatic carbocycles. The van der Waals surface area contributed by atoms with Crippen LogP contribution < -0.4 is 5.43 Å². The number of hydrogen-bond donors (Lipinski definition) is 0. The van der Waals surface area contributed by atoms with E-state index < -0.39 is 0 Å². The fourth-order valence-electron chi connectivity index (χ4n) is 3.38. The van der Waals surface area contributed by atoms with E-state index in [0.29, 0.717) is 16.2 Å². The van der Waals surface area contributed by atoms with Gasteiger partial charge >= 0.3 is 0 Å². The number of hydrogen-bond acceptors (Lipinski definition) is 3. The zero-order valence-electron chi connectivity index (χ0n) is 15.1. The van der Waals surface area contributed by atoms with E-state index in [1.807, 2.05) is 30.3 Å². The van der Waals surface area contributed by atoms with Crippen molar-refractivity contribution in [1.82, 2.24) is 0 Å². The summed E-state index contributed by atoms with van der Waals surface area (Å²) in [6, 6.07) is 7.52. The predicted molar refractivity (Wildman–Crippen MR) is 108 cm³/mol. The first-order valence-electron chi connectivity index (χ1n) is 9.70. The van der Waals surface area contributed by atoms with Gasteiger partial charge in [0.15, 0.2) is 0 Å². The summed E-state index contributed by atoms with van der Waals surface area (Å²) in [7, 11) is 0. The van der Waals surface area contributed by atoms with Crippen molar-refractivity contribution in [1.29, 1.82) is 0 Å². The van der Waals surface area contributed by atoms with Crippen molar-refractivity contribution < 1.29 is 4.42 Å². The van der Waals surface area contributed by atoms with Gasteiger partial charge in [-0.25, -0.2) is 0 Å². The molecule has 3 rings (SSSR count). The average molecular weight is 357 g/mol. The standard InChI is InChI=1S/C22H28O2S/c1-2-3-4-5-6-7-8-9-12-17-15-16-20-22(25-17)21(23)18-13-10-11-14-19(18)24-20/h10-11,13-17H,2-9,12H2,1H3. The van der Waals surface area contributed by atoms with Crippen molar-refractivity contribution in [3.05, 3.63) is 46.3 Å². The fraction of sp³-hybridized carbons (Fsp3) is 0.500. The van der Waals surface area contributed by atoms with Gasteiger partial charge in [0.05, 0.1) is 10.3 Å². The largest absolute Gasteiger partial charge is 0.455 e. The van der Waals surface area contributed by atoms with E-state index in [0.717, 1.165) is 17.1 Å². The van der Waals surface area contributed by atoms with Crippen LogP contribution in [0, 0.1) is 0 Å². The van der Waals surface area contributed by atoms with Gasteiger partial charge < -0.3 is 4.42 Å². The average Bonchev–Trinajstić information content (AvgIpc) is 2.64. The summed E-state index contributed by atoms with van der Waals surface area (Å²) >= 11 is 1.68. The van der Waals surface area contributed by atoms with Crippen molar-refractivity contribution in [2.75, 3.05) is 0 Å². The summed E-state index contributed by atoms with van der Waals surface area (Å²) in [5.41, 5.74) is 0.796. The Kier molecular flexibility index (Phi) is 6.80. The van der Waals surface area contributed by atoms with Crippen molar-refractivity contribution >= 4 is 28.8 Å². The third-order valence-electron chi connectivity index (χ3n) is 4.86. The molecule has 0 aliphatic carbocycles. The van der Waals surface area contributed by atoms with Crippen LogP contribution in [0.2, 0.25) is 0 Å². The third-order valence-corrected chi connectivity index (χ3v) is 6.17. The van der Waals surface area contributed by atoms with Gasteiger partial charge in [-0.15, -0.1) is 11.8 Å². The molecule has 3 heteroatoms. The van der Waals surface area contributed by atoms with Crippen molar-refractivity contribution in [2.24, 2.45) is 0 Å². The highest BCUT2D eigenvalue weighted by molar-refractivity contribution is 8.00. The van der Waals surface area contributed by atoms with Crippen molar-refractivity contribution in [2.45, 2.75) is 74.9 Å². The molecule has 0 saturated carbocycles. The molecule has 0 amide bonds. The Morgan fingerprint density at radius 3 is 2.52 bits per heavy atom. The van der Waals surface area contributed by atoms with Crippen LogP contribution in [0.5, 0.6) is 0 Å². The molecule has 1 aliphatic rings. The predicted octanol–water partition coefficient (Wildman–Crippen LogP) is 6.81. The number of thioether (sulfide) groups is 1. The molecular weight excluding hydrogens is 328 g/mol. The molecule has 1 aromatic heterocycles. The van der Waals surface area contributed by atoms with E-state index in [1.165, 1.54) is 51.4 Å². The Hall–Kier alpha value is -1.48. The minimum absolute atomic E-state index is 0.118. The molecule has 0 N–H and O–H groups in total. The molecule has 1 unspecified atom stereocenters. The monoisotopic (exact) mass is 356 g/mol. The molecule has 0 spiro atoms. The molecule has 2 heterocycles. The van der Waals surface area contributed by atoms with Crippen LogP contribution in [0.25, 0.3) is 17.0 Å². The lowest BCUT2D eigenvalue weighted by atomic mass is 10.1. The summed E-state index contributed by atoms with van der Waals surface area (Å²) in [6.07, 6.45) is 16.0. The normalized spacial score (nSPS) is 16.3. The van der Waals surface area contributed by atoms with Gasteiger partial charge in [-0.3, -0.25) is 4.79 Å². The van der Waals surface area contributed by atoms with E-state index in [4.69, 9.17) is 4.42 Å². The molecule has 0 fully saturated rings. The fourth-order valence-corrected chi connectivity index (χ4v) is 4.57. The van der Waals surface area contributed by atoms with Gasteiger partial charge in [0.2, 0.25) is 5.43 Å². The van der Waals surface area contributed by atoms with Gasteiger partial charge in [0, 0.05) is 5.25 Å². The lowest BCUT2D eigenvalue weighted by Crippen LogP contribution is -2.12. The van der Waals surface area contributed by atoms with E-state index in [2.05, 4.69) is 13.0 Å². The van der Waals surface area contributed by atoms with E-state index in [-0.39, 0.29) is 5.43 Å². The Morgan fingerprint density at radius 1 is 1.00 bits per heavy atom. The van der Waals surface area contributed by atoms with Gasteiger partial charge in [0.25, 0.3) is 0 Å². The van der Waals surface area contributed by atoms with Crippen LogP contribution >= 0.6 is 11.8 Å². The molecular formula is C22H28O2S. The van der Waals surface area contributed by atoms with E-state index in [1.54, 1.807) is 11.8 Å². The maximum Gasteiger partial charge on any atom is 0.206 e. The highest BCUT2D eigenvalue weighted by atomic mass is 32.2. The molecule has 25 heavy (non-hydrogen) atoms. The highest BCUT2D eigenvalue weighted by Crippen LogP contribution is 2.35. The summed E-state index contributed by atoms with van der Waals surface area (Å²) in [5, 5.41) is 1.09. The number of rotatable bonds is 9. The van der Waals surface area contributed by atoms with Crippen molar-refractivity contribution in [3.8, 4) is 0 Å². The quantitative estimate of drug-likeness (QED) is 0.462. The number of benzene rings is 1. The molecule has 0 saturated heterocycles. The van der Waals surface area contributed by atoms with Gasteiger partial charge in [0.1, 0.15) is 11.3 Å². The highest BCUT2D eigenvalue weighted by Gasteiger charge is 2.20. The second-order valence-corrected chi connectivity index (χ2v) is 8.15. The topological polar surface area (TPSA) is 30.2 Å². The van der Waals surface area contributed by atoms with Crippen LogP contribution in [0.15, 0.2) is 44.4 Å². The van der Waals surface area contributed by atoms with Crippen LogP contribution in [-0.2, 0) is 0 Å². The lowest BCUT2D eigenvalue weighted by molar-refractivity contribution is 0.564. The smallest absolute Gasteiger partial charge is 0.206 e. The van der Waals surface area contributed by atoms with E-state index >= 15 is 0 Å². The zero-order chi connectivity index (χ0) is 17.5. The Bertz CT molecular complexity index is 775. The SMILES string of the molecule is CCCCCCCCCCC1C=Cc2oc3ccccc3c(=O)c2S1. The third kappa shape index (κ3) is 4.78. The van der Waals surface area contributed by atoms with Crippen LogP contribution in [0.4, 0.5) is 0 Å². The first kappa shape index (κ1) is 18.3. The molecule has 1 atom stereocenters. The number of unbranched alkanes of at least 4 members (excludes halogenated alkanes) is 7. The maximum absolute atomic E-state index is 12.7. The number of fused-ring (bicyclic) bond motifs is 2. The van der Waals surface area contributed by atoms with Gasteiger partial charge in [-0.05, 0) is 24.6 Å². The molecule has 2 aromatic rings. The Balaban J connectivity index is 1.51. The minimum Gasteiger partial charge on any atom is -0.455 e. The summed E-state index contributed by atoms with van der Waals surface area (Å²) < 4.78 is 5.90. The molecule has 0 radical (unpaired) electrons. The minimum atomic E-state index is 0.118. The van der Waals surface area contributed by atoms with Crippen LogP contribution in [-0.4, -0.2) is 5.25 Å². The molecule has 1 aliphatic heterocycles. The molecule has 134 valence electrons. The zero-order valence-corrected chi connectivity index (χ0v) is 15.9.